The molecule has 0 radical (unpaired) electrons. The molecule has 0 spiro atoms. The lowest BCUT2D eigenvalue weighted by Crippen LogP contribution is -1.93. The summed E-state index contributed by atoms with van der Waals surface area (Å²) in [7, 11) is 0. The monoisotopic (exact) mass is 1010 g/mol. The molecule has 2 heteroatoms. The van der Waals surface area contributed by atoms with Crippen LogP contribution < -0.4 is 0 Å². The predicted octanol–water partition coefficient (Wildman–Crippen LogP) is 21.3. The Bertz CT molecular complexity index is 7530. The van der Waals surface area contributed by atoms with Crippen LogP contribution in [0.3, 0.4) is 0 Å². The van der Waals surface area contributed by atoms with Crippen LogP contribution in [0.4, 0.5) is 0 Å². The van der Waals surface area contributed by atoms with E-state index < -0.39 is 426 Å². The van der Waals surface area contributed by atoms with E-state index in [1.807, 2.05) is 0 Å². The lowest BCUT2D eigenvalue weighted by atomic mass is 9.83. The van der Waals surface area contributed by atoms with E-state index in [2.05, 4.69) is 0 Å². The van der Waals surface area contributed by atoms with Gasteiger partial charge < -0.3 is 8.83 Å². The lowest BCUT2D eigenvalue weighted by molar-refractivity contribution is 0.668. The minimum absolute atomic E-state index is 0.388. The Kier molecular flexibility index (Phi) is 4.13. The molecule has 16 rings (SSSR count). The summed E-state index contributed by atoms with van der Waals surface area (Å²) in [6, 6.07) is -40.8. The van der Waals surface area contributed by atoms with E-state index in [-0.39, 0.29) is 5.39 Å². The zero-order valence-corrected chi connectivity index (χ0v) is 37.8. The second-order valence-corrected chi connectivity index (χ2v) is 16.3. The molecule has 16 aromatic rings. The van der Waals surface area contributed by atoms with Crippen molar-refractivity contribution in [2.24, 2.45) is 0 Å². The highest BCUT2D eigenvalue weighted by atomic mass is 16.3. The van der Waals surface area contributed by atoms with Crippen molar-refractivity contribution in [1.82, 2.24) is 0 Å². The van der Waals surface area contributed by atoms with Gasteiger partial charge in [0, 0.05) is 21.5 Å². The highest BCUT2D eigenvalue weighted by molar-refractivity contribution is 6.28. The topological polar surface area (TPSA) is 26.3 Å². The zero-order valence-electron chi connectivity index (χ0n) is 83.8. The van der Waals surface area contributed by atoms with Crippen LogP contribution in [0.1, 0.15) is 63.1 Å². The number of furan rings is 2. The van der Waals surface area contributed by atoms with Crippen LogP contribution in [0.2, 0.25) is 0 Å². The van der Waals surface area contributed by atoms with Gasteiger partial charge in [-0.2, -0.15) is 0 Å². The third kappa shape index (κ3) is 6.96. The van der Waals surface area contributed by atoms with Crippen LogP contribution in [0.25, 0.3) is 153 Å². The number of hydrogen-bond donors (Lipinski definition) is 0. The van der Waals surface area contributed by atoms with E-state index >= 15 is 0 Å². The Labute approximate surface area is 503 Å². The standard InChI is InChI=1S/C42H26O.C32H20O/c1-2-13-27(14-3-1)29-25-28-15-4-5-16-30(28)37(26-29)41-33-19-8-6-17-31(33)40(32-18-7-9-20-34(32)41)36-22-12-24-39-42(36)35-21-10-11-23-38(35)43-39;1-2-11-21(12-3-1)30-22-13-4-6-15-24(22)31(25-16-7-5-14-23(25)30)27-18-10-20-29-32(27)26-17-8-9-19-28(26)33-29/h1-26H;1-20H/i1D,2D,3D,4D,5D,6D,7D,8D,9D,10D,11D,12D,13D,14D,15D,16D,17D,18D,19D,20D,21D,22D,23D,24D,25D,26D;1D,2D,3D,4D,5D,6D,7D,8D,9D,10D,11D,12D,13D,14D,15D,16D,17D,18D,19D,20D. The quantitative estimate of drug-likeness (QED) is 0.161. The highest BCUT2D eigenvalue weighted by Crippen LogP contribution is 2.50. The molecule has 0 bridgehead atoms. The summed E-state index contributed by atoms with van der Waals surface area (Å²) in [6.07, 6.45) is 0. The fraction of sp³-hybridized carbons (Fsp3) is 0. The molecule has 0 aliphatic carbocycles. The SMILES string of the molecule is [2H]c1c([2H])c([2H])c(-c2c([2H])c(-c3c4c([2H])c([2H])c([2H])c([2H])c4c(-c4c([2H])c([2H])c([2H])c5oc6c([2H])c([2H])c([2H])c([2H])c6c45)c4c([2H])c([2H])c([2H])c([2H])c34)c3c([2H])c([2H])c([2H])c([2H])c3c2[2H])c([2H])c1[2H].[2H]c1c([2H])c([2H])c(-c2c3c([2H])c([2H])c([2H])c([2H])c3c(-c3c([2H])c([2H])c([2H])c4oc5c([2H])c([2H])c([2H])c([2H])c5c34)c3c([2H])c([2H])c([2H])c([2H])c23)c([2H])c1[2H]. The van der Waals surface area contributed by atoms with Crippen molar-refractivity contribution >= 4 is 97.7 Å². The number of para-hydroxylation sites is 2. The van der Waals surface area contributed by atoms with Gasteiger partial charge in [0.25, 0.3) is 0 Å². The van der Waals surface area contributed by atoms with E-state index in [1.54, 1.807) is 0 Å². The number of benzene rings is 14. The van der Waals surface area contributed by atoms with Gasteiger partial charge in [-0.15, -0.1) is 0 Å². The molecule has 0 N–H and O–H groups in total. The summed E-state index contributed by atoms with van der Waals surface area (Å²) in [5.41, 5.74) is -9.07. The van der Waals surface area contributed by atoms with Crippen molar-refractivity contribution in [2.45, 2.75) is 0 Å². The first-order chi connectivity index (χ1) is 56.9. The van der Waals surface area contributed by atoms with E-state index in [9.17, 15) is 12.3 Å². The molecule has 0 saturated carbocycles. The van der Waals surface area contributed by atoms with Gasteiger partial charge in [0.05, 0.1) is 63.1 Å². The summed E-state index contributed by atoms with van der Waals surface area (Å²) in [6.45, 7) is 0. The van der Waals surface area contributed by atoms with Gasteiger partial charge >= 0.3 is 0 Å². The van der Waals surface area contributed by atoms with Crippen molar-refractivity contribution in [3.63, 3.8) is 0 Å². The van der Waals surface area contributed by atoms with Crippen LogP contribution in [-0.2, 0) is 0 Å². The molecule has 0 fully saturated rings. The average molecular weight is 1010 g/mol. The van der Waals surface area contributed by atoms with Gasteiger partial charge in [-0.3, -0.25) is 0 Å². The molecule has 14 aromatic carbocycles. The summed E-state index contributed by atoms with van der Waals surface area (Å²) in [5.74, 6) is 0. The van der Waals surface area contributed by atoms with Crippen LogP contribution in [0, 0.1) is 0 Å². The predicted molar refractivity (Wildman–Crippen MR) is 322 cm³/mol. The minimum atomic E-state index is -1.06. The van der Waals surface area contributed by atoms with Crippen LogP contribution in [-0.4, -0.2) is 0 Å². The van der Waals surface area contributed by atoms with E-state index in [1.165, 1.54) is 0 Å². The highest BCUT2D eigenvalue weighted by Gasteiger charge is 2.23. The summed E-state index contributed by atoms with van der Waals surface area (Å²) >= 11 is 0. The van der Waals surface area contributed by atoms with Crippen LogP contribution >= 0.6 is 0 Å². The van der Waals surface area contributed by atoms with Gasteiger partial charge in [0.2, 0.25) is 0 Å². The maximum absolute atomic E-state index is 9.92. The van der Waals surface area contributed by atoms with Crippen molar-refractivity contribution in [1.29, 1.82) is 0 Å². The second-order valence-electron chi connectivity index (χ2n) is 16.3. The summed E-state index contributed by atoms with van der Waals surface area (Å²) < 4.78 is 419. The first-order valence-corrected chi connectivity index (χ1v) is 22.3. The van der Waals surface area contributed by atoms with Gasteiger partial charge in [-0.1, -0.05) is 242 Å². The fourth-order valence-electron chi connectivity index (χ4n) is 9.34. The van der Waals surface area contributed by atoms with Gasteiger partial charge in [0.1, 0.15) is 22.3 Å². The van der Waals surface area contributed by atoms with Crippen LogP contribution in [0.15, 0.2) is 287 Å². The van der Waals surface area contributed by atoms with Crippen molar-refractivity contribution < 1.29 is 71.9 Å². The Balaban J connectivity index is 0.000000196. The normalized spacial score (nSPS) is 20.2. The molecule has 2 nitrogen and oxygen atoms in total. The van der Waals surface area contributed by atoms with Gasteiger partial charge in [-0.25, -0.2) is 0 Å². The zero-order chi connectivity index (χ0) is 90.1. The molecule has 76 heavy (non-hydrogen) atoms. The van der Waals surface area contributed by atoms with Crippen molar-refractivity contribution in [3.8, 4) is 55.6 Å². The Morgan fingerprint density at radius 3 is 0.987 bits per heavy atom. The molecular formula is C74H46O2. The molecule has 0 unspecified atom stereocenters. The summed E-state index contributed by atoms with van der Waals surface area (Å²) in [5, 5.41) is -8.51. The third-order valence-electron chi connectivity index (χ3n) is 12.3. The number of fused-ring (bicyclic) bond motifs is 11. The van der Waals surface area contributed by atoms with E-state index in [0.29, 0.717) is 0 Å². The maximum atomic E-state index is 9.92. The smallest absolute Gasteiger partial charge is 0.136 e. The molecule has 354 valence electrons. The molecular weight excluding hydrogens is 921 g/mol. The van der Waals surface area contributed by atoms with Gasteiger partial charge in [0.15, 0.2) is 0 Å². The number of hydrogen-bond acceptors (Lipinski definition) is 2. The van der Waals surface area contributed by atoms with Crippen molar-refractivity contribution in [2.75, 3.05) is 0 Å². The first-order valence-electron chi connectivity index (χ1n) is 45.3. The van der Waals surface area contributed by atoms with Crippen molar-refractivity contribution in [3.05, 3.63) is 278 Å². The largest absolute Gasteiger partial charge is 0.456 e. The van der Waals surface area contributed by atoms with Crippen LogP contribution in [0.5, 0.6) is 0 Å². The molecule has 0 saturated heterocycles. The molecule has 0 amide bonds. The Morgan fingerprint density at radius 2 is 0.539 bits per heavy atom. The molecule has 0 aliphatic rings. The second kappa shape index (κ2) is 17.9. The Morgan fingerprint density at radius 1 is 0.211 bits per heavy atom. The lowest BCUT2D eigenvalue weighted by Gasteiger charge is -2.20. The maximum Gasteiger partial charge on any atom is 0.136 e. The van der Waals surface area contributed by atoms with E-state index in [0.717, 1.165) is 0 Å². The molecule has 2 aromatic heterocycles. The Hall–Kier alpha value is -10.0. The third-order valence-corrected chi connectivity index (χ3v) is 12.3. The number of rotatable bonds is 5. The molecule has 0 atom stereocenters. The fourth-order valence-corrected chi connectivity index (χ4v) is 9.34. The van der Waals surface area contributed by atoms with Gasteiger partial charge in [-0.05, 0) is 146 Å². The molecule has 2 heterocycles. The van der Waals surface area contributed by atoms with E-state index in [4.69, 9.17) is 59.6 Å². The summed E-state index contributed by atoms with van der Waals surface area (Å²) in [4.78, 5) is 0. The molecule has 0 aliphatic heterocycles. The minimum Gasteiger partial charge on any atom is -0.456 e. The average Bonchev–Trinajstić information content (AvgIpc) is 1.09. The first kappa shape index (κ1) is 17.6.